The van der Waals surface area contributed by atoms with Crippen LogP contribution >= 0.6 is 0 Å². The Morgan fingerprint density at radius 3 is 0.970 bits per heavy atom. The number of hydrogen-bond acceptors (Lipinski definition) is 3. The van der Waals surface area contributed by atoms with Crippen LogP contribution in [0.5, 0.6) is 0 Å². The maximum Gasteiger partial charge on any atom is 2.00 e. The Bertz CT molecular complexity index is 722. The predicted molar refractivity (Wildman–Crippen MR) is 137 cm³/mol. The molecule has 0 saturated heterocycles. The molecule has 2 rings (SSSR count). The molecule has 0 saturated carbocycles. The fourth-order valence-electron chi connectivity index (χ4n) is 4.63. The van der Waals surface area contributed by atoms with Gasteiger partial charge in [0.2, 0.25) is 0 Å². The van der Waals surface area contributed by atoms with Crippen molar-refractivity contribution in [2.45, 2.75) is 92.9 Å². The van der Waals surface area contributed by atoms with Gasteiger partial charge in [0.25, 0.3) is 0 Å². The standard InChI is InChI=1S/2C14H22.Ni.H2O3S/c2*1-13(2,3)11-14(4,5)12-9-7-6-8-10-12;;1-4(2)3/h2*6-10H,11H2,1-5H3;;(H2,1,2,3)/q;;+2;/p-2. The molecule has 2 aromatic carbocycles. The largest absolute Gasteiger partial charge is 2.00 e. The minimum atomic E-state index is -3.11. The average Bonchev–Trinajstić information content (AvgIpc) is 2.59. The molecule has 0 fully saturated rings. The van der Waals surface area contributed by atoms with Crippen molar-refractivity contribution < 1.29 is 29.8 Å². The summed E-state index contributed by atoms with van der Waals surface area (Å²) in [5, 5.41) is 0. The SMILES string of the molecule is CC(C)(C)CC(C)(C)c1ccccc1.CC(C)(C)CC(C)(C)c1ccccc1.O=S([O-])[O-].[Ni+2]. The van der Waals surface area contributed by atoms with E-state index in [9.17, 15) is 0 Å². The third-order valence-corrected chi connectivity index (χ3v) is 5.06. The first kappa shape index (κ1) is 34.2. The van der Waals surface area contributed by atoms with Crippen LogP contribution in [0.3, 0.4) is 0 Å². The molecule has 0 N–H and O–H groups in total. The van der Waals surface area contributed by atoms with Gasteiger partial charge in [-0.1, -0.05) is 130 Å². The van der Waals surface area contributed by atoms with Gasteiger partial charge in [-0.15, -0.1) is 11.4 Å². The normalized spacial score (nSPS) is 12.0. The second-order valence-electron chi connectivity index (χ2n) is 12.2. The summed E-state index contributed by atoms with van der Waals surface area (Å²) in [4.78, 5) is 0. The second kappa shape index (κ2) is 14.4. The van der Waals surface area contributed by atoms with Crippen LogP contribution < -0.4 is 0 Å². The van der Waals surface area contributed by atoms with Crippen LogP contribution in [-0.2, 0) is 38.7 Å². The fourth-order valence-corrected chi connectivity index (χ4v) is 4.63. The zero-order valence-electron chi connectivity index (χ0n) is 22.1. The molecule has 0 amide bonds. The van der Waals surface area contributed by atoms with E-state index in [1.807, 2.05) is 0 Å². The Morgan fingerprint density at radius 1 is 0.576 bits per heavy atom. The molecule has 33 heavy (non-hydrogen) atoms. The van der Waals surface area contributed by atoms with Crippen molar-refractivity contribution in [2.75, 3.05) is 0 Å². The molecule has 3 nitrogen and oxygen atoms in total. The van der Waals surface area contributed by atoms with Crippen LogP contribution in [0.25, 0.3) is 0 Å². The van der Waals surface area contributed by atoms with Gasteiger partial charge in [0.05, 0.1) is 0 Å². The van der Waals surface area contributed by atoms with Crippen molar-refractivity contribution in [2.24, 2.45) is 10.8 Å². The molecule has 0 spiro atoms. The van der Waals surface area contributed by atoms with E-state index in [2.05, 4.69) is 130 Å². The Labute approximate surface area is 216 Å². The molecule has 0 aliphatic carbocycles. The first-order chi connectivity index (χ1) is 14.4. The topological polar surface area (TPSA) is 63.2 Å². The van der Waals surface area contributed by atoms with Crippen molar-refractivity contribution in [3.8, 4) is 0 Å². The van der Waals surface area contributed by atoms with Crippen LogP contribution in [0.15, 0.2) is 60.7 Å². The second-order valence-corrected chi connectivity index (χ2v) is 12.6. The van der Waals surface area contributed by atoms with Crippen molar-refractivity contribution in [1.82, 2.24) is 0 Å². The molecule has 0 unspecified atom stereocenters. The Hall–Kier alpha value is -0.996. The minimum Gasteiger partial charge on any atom is -0.784 e. The third kappa shape index (κ3) is 17.1. The van der Waals surface area contributed by atoms with E-state index in [1.54, 1.807) is 0 Å². The average molecular weight is 519 g/mol. The van der Waals surface area contributed by atoms with E-state index < -0.39 is 11.4 Å². The van der Waals surface area contributed by atoms with Gasteiger partial charge in [-0.2, -0.15) is 0 Å². The Morgan fingerprint density at radius 2 is 0.788 bits per heavy atom. The third-order valence-electron chi connectivity index (χ3n) is 5.06. The summed E-state index contributed by atoms with van der Waals surface area (Å²) in [7, 11) is 0. The van der Waals surface area contributed by atoms with Crippen LogP contribution in [0.4, 0.5) is 0 Å². The molecule has 0 aliphatic rings. The molecule has 190 valence electrons. The summed E-state index contributed by atoms with van der Waals surface area (Å²) in [5.41, 5.74) is 4.21. The molecule has 0 heterocycles. The van der Waals surface area contributed by atoms with Gasteiger partial charge < -0.3 is 9.11 Å². The maximum atomic E-state index is 8.44. The van der Waals surface area contributed by atoms with Crippen molar-refractivity contribution in [1.29, 1.82) is 0 Å². The van der Waals surface area contributed by atoms with Crippen LogP contribution in [0, 0.1) is 10.8 Å². The van der Waals surface area contributed by atoms with Crippen molar-refractivity contribution >= 4 is 11.4 Å². The summed E-state index contributed by atoms with van der Waals surface area (Å²) in [6.45, 7) is 23.1. The summed E-state index contributed by atoms with van der Waals surface area (Å²) >= 11 is -3.11. The minimum absolute atomic E-state index is 0. The number of benzene rings is 2. The summed E-state index contributed by atoms with van der Waals surface area (Å²) in [6.07, 6.45) is 2.42. The van der Waals surface area contributed by atoms with Gasteiger partial charge >= 0.3 is 16.5 Å². The first-order valence-corrected chi connectivity index (χ1v) is 12.2. The van der Waals surface area contributed by atoms with Crippen LogP contribution in [0.1, 0.15) is 93.2 Å². The molecule has 0 atom stereocenters. The summed E-state index contributed by atoms with van der Waals surface area (Å²) in [6, 6.07) is 21.6. The van der Waals surface area contributed by atoms with Crippen LogP contribution in [0.2, 0.25) is 0 Å². The van der Waals surface area contributed by atoms with E-state index >= 15 is 0 Å². The molecule has 0 radical (unpaired) electrons. The summed E-state index contributed by atoms with van der Waals surface area (Å²) < 4.78 is 25.3. The van der Waals surface area contributed by atoms with E-state index in [1.165, 1.54) is 24.0 Å². The smallest absolute Gasteiger partial charge is 0.784 e. The quantitative estimate of drug-likeness (QED) is 0.306. The van der Waals surface area contributed by atoms with E-state index in [0.717, 1.165) is 0 Å². The van der Waals surface area contributed by atoms with Gasteiger partial charge in [0.15, 0.2) is 0 Å². The molecule has 2 aromatic rings. The van der Waals surface area contributed by atoms with Gasteiger partial charge in [-0.25, -0.2) is 0 Å². The predicted octanol–water partition coefficient (Wildman–Crippen LogP) is 7.79. The zero-order chi connectivity index (χ0) is 25.2. The van der Waals surface area contributed by atoms with Gasteiger partial charge in [0.1, 0.15) is 0 Å². The van der Waals surface area contributed by atoms with Gasteiger partial charge in [-0.05, 0) is 45.6 Å². The Balaban J connectivity index is 0. The number of hydrogen-bond donors (Lipinski definition) is 0. The monoisotopic (exact) mass is 518 g/mol. The van der Waals surface area contributed by atoms with Crippen molar-refractivity contribution in [3.63, 3.8) is 0 Å². The Kier molecular flexibility index (Phi) is 14.9. The summed E-state index contributed by atoms with van der Waals surface area (Å²) in [5.74, 6) is 0. The van der Waals surface area contributed by atoms with Crippen LogP contribution in [-0.4, -0.2) is 13.3 Å². The molecular formula is C28H44NiO3S. The number of rotatable bonds is 4. The molecule has 0 bridgehead atoms. The van der Waals surface area contributed by atoms with E-state index in [-0.39, 0.29) is 27.3 Å². The van der Waals surface area contributed by atoms with Gasteiger partial charge in [-0.3, -0.25) is 4.21 Å². The molecular weight excluding hydrogens is 475 g/mol. The fraction of sp³-hybridized carbons (Fsp3) is 0.571. The first-order valence-electron chi connectivity index (χ1n) is 11.2. The molecule has 0 aromatic heterocycles. The van der Waals surface area contributed by atoms with Crippen molar-refractivity contribution in [3.05, 3.63) is 71.8 Å². The van der Waals surface area contributed by atoms with E-state index in [0.29, 0.717) is 10.8 Å². The molecule has 5 heteroatoms. The molecule has 0 aliphatic heterocycles. The van der Waals surface area contributed by atoms with E-state index in [4.69, 9.17) is 13.3 Å². The zero-order valence-corrected chi connectivity index (χ0v) is 23.9. The van der Waals surface area contributed by atoms with Gasteiger partial charge in [0, 0.05) is 0 Å². The maximum absolute atomic E-state index is 8.44.